The van der Waals surface area contributed by atoms with E-state index in [0.29, 0.717) is 17.2 Å². The van der Waals surface area contributed by atoms with Gasteiger partial charge < -0.3 is 5.32 Å². The topological polar surface area (TPSA) is 70.7 Å². The zero-order valence-corrected chi connectivity index (χ0v) is 12.4. The molecule has 0 saturated heterocycles. The van der Waals surface area contributed by atoms with E-state index in [0.717, 1.165) is 0 Å². The molecule has 2 rings (SSSR count). The summed E-state index contributed by atoms with van der Waals surface area (Å²) in [6.45, 7) is 5.78. The van der Waals surface area contributed by atoms with E-state index in [1.807, 2.05) is 20.8 Å². The van der Waals surface area contributed by atoms with E-state index in [-0.39, 0.29) is 30.1 Å². The molecular formula is C15H19FN4O. The molecule has 21 heavy (non-hydrogen) atoms. The Morgan fingerprint density at radius 2 is 2.19 bits per heavy atom. The highest BCUT2D eigenvalue weighted by Gasteiger charge is 2.22. The standard InChI is InChI=1S/C15H19FN4O/c1-9(2)14(15-17-10(3)19-20-15)18-13(21)8-11-5-4-6-12(16)7-11/h4-7,9,14H,8H2,1-3H3,(H,18,21)(H,17,19,20)/t14-/m0/s1. The van der Waals surface area contributed by atoms with Crippen molar-refractivity contribution in [2.45, 2.75) is 33.2 Å². The molecule has 0 spiro atoms. The summed E-state index contributed by atoms with van der Waals surface area (Å²) in [5, 5.41) is 9.78. The van der Waals surface area contributed by atoms with Gasteiger partial charge in [-0.1, -0.05) is 26.0 Å². The lowest BCUT2D eigenvalue weighted by atomic mass is 10.0. The van der Waals surface area contributed by atoms with Gasteiger partial charge in [-0.25, -0.2) is 9.37 Å². The summed E-state index contributed by atoms with van der Waals surface area (Å²) in [5.41, 5.74) is 0.640. The van der Waals surface area contributed by atoms with Crippen LogP contribution in [0, 0.1) is 18.7 Å². The number of carbonyl (C=O) groups excluding carboxylic acids is 1. The van der Waals surface area contributed by atoms with Crippen LogP contribution in [0.2, 0.25) is 0 Å². The Morgan fingerprint density at radius 3 is 2.76 bits per heavy atom. The van der Waals surface area contributed by atoms with Gasteiger partial charge in [0.15, 0.2) is 5.82 Å². The molecule has 2 N–H and O–H groups in total. The summed E-state index contributed by atoms with van der Waals surface area (Å²) in [5.74, 6) is 0.897. The van der Waals surface area contributed by atoms with Crippen molar-refractivity contribution < 1.29 is 9.18 Å². The molecule has 0 unspecified atom stereocenters. The van der Waals surface area contributed by atoms with Gasteiger partial charge in [0.05, 0.1) is 12.5 Å². The summed E-state index contributed by atoms with van der Waals surface area (Å²) in [6, 6.07) is 5.77. The van der Waals surface area contributed by atoms with Gasteiger partial charge in [0.1, 0.15) is 11.6 Å². The van der Waals surface area contributed by atoms with Crippen LogP contribution >= 0.6 is 0 Å². The Bertz CT molecular complexity index is 624. The van der Waals surface area contributed by atoms with Crippen molar-refractivity contribution in [2.75, 3.05) is 0 Å². The average Bonchev–Trinajstić information content (AvgIpc) is 2.82. The number of nitrogens with zero attached hydrogens (tertiary/aromatic N) is 2. The van der Waals surface area contributed by atoms with Crippen LogP contribution in [0.5, 0.6) is 0 Å². The lowest BCUT2D eigenvalue weighted by Gasteiger charge is -2.19. The number of hydrogen-bond donors (Lipinski definition) is 2. The Labute approximate surface area is 123 Å². The van der Waals surface area contributed by atoms with Gasteiger partial charge in [0.25, 0.3) is 0 Å². The Hall–Kier alpha value is -2.24. The van der Waals surface area contributed by atoms with Crippen molar-refractivity contribution >= 4 is 5.91 Å². The summed E-state index contributed by atoms with van der Waals surface area (Å²) in [4.78, 5) is 16.4. The van der Waals surface area contributed by atoms with Crippen molar-refractivity contribution in [1.29, 1.82) is 0 Å². The molecule has 1 aromatic heterocycles. The van der Waals surface area contributed by atoms with E-state index in [1.54, 1.807) is 12.1 Å². The summed E-state index contributed by atoms with van der Waals surface area (Å²) in [7, 11) is 0. The minimum Gasteiger partial charge on any atom is -0.345 e. The van der Waals surface area contributed by atoms with Crippen LogP contribution in [-0.2, 0) is 11.2 Å². The average molecular weight is 290 g/mol. The van der Waals surface area contributed by atoms with Gasteiger partial charge in [-0.05, 0) is 30.5 Å². The molecular weight excluding hydrogens is 271 g/mol. The third kappa shape index (κ3) is 4.11. The molecule has 6 heteroatoms. The van der Waals surface area contributed by atoms with Crippen LogP contribution in [0.15, 0.2) is 24.3 Å². The molecule has 5 nitrogen and oxygen atoms in total. The van der Waals surface area contributed by atoms with E-state index in [2.05, 4.69) is 20.5 Å². The second kappa shape index (κ2) is 6.47. The molecule has 0 bridgehead atoms. The third-order valence-corrected chi connectivity index (χ3v) is 3.13. The molecule has 2 aromatic rings. The number of H-pyrrole nitrogens is 1. The number of halogens is 1. The number of benzene rings is 1. The third-order valence-electron chi connectivity index (χ3n) is 3.13. The summed E-state index contributed by atoms with van der Waals surface area (Å²) < 4.78 is 13.1. The van der Waals surface area contributed by atoms with Gasteiger partial charge >= 0.3 is 0 Å². The van der Waals surface area contributed by atoms with Crippen molar-refractivity contribution in [2.24, 2.45) is 5.92 Å². The highest BCUT2D eigenvalue weighted by molar-refractivity contribution is 5.78. The second-order valence-corrected chi connectivity index (χ2v) is 5.37. The number of aryl methyl sites for hydroxylation is 1. The Morgan fingerprint density at radius 1 is 1.43 bits per heavy atom. The normalized spacial score (nSPS) is 12.4. The molecule has 1 heterocycles. The number of carbonyl (C=O) groups is 1. The van der Waals surface area contributed by atoms with E-state index in [9.17, 15) is 9.18 Å². The minimum absolute atomic E-state index is 0.129. The van der Waals surface area contributed by atoms with Crippen LogP contribution in [-0.4, -0.2) is 21.1 Å². The fourth-order valence-corrected chi connectivity index (χ4v) is 2.09. The summed E-state index contributed by atoms with van der Waals surface area (Å²) >= 11 is 0. The van der Waals surface area contributed by atoms with Crippen molar-refractivity contribution in [3.05, 3.63) is 47.3 Å². The smallest absolute Gasteiger partial charge is 0.225 e. The number of nitrogens with one attached hydrogen (secondary N) is 2. The van der Waals surface area contributed by atoms with Gasteiger partial charge in [0.2, 0.25) is 5.91 Å². The first-order chi connectivity index (χ1) is 9.95. The molecule has 1 amide bonds. The number of hydrogen-bond acceptors (Lipinski definition) is 3. The van der Waals surface area contributed by atoms with Gasteiger partial charge in [0, 0.05) is 0 Å². The first-order valence-corrected chi connectivity index (χ1v) is 6.88. The predicted molar refractivity (Wildman–Crippen MR) is 76.9 cm³/mol. The number of aromatic nitrogens is 3. The maximum absolute atomic E-state index is 13.1. The van der Waals surface area contributed by atoms with E-state index in [1.165, 1.54) is 12.1 Å². The van der Waals surface area contributed by atoms with Crippen LogP contribution in [0.4, 0.5) is 4.39 Å². The van der Waals surface area contributed by atoms with Gasteiger partial charge in [-0.15, -0.1) is 0 Å². The molecule has 1 aromatic carbocycles. The lowest BCUT2D eigenvalue weighted by molar-refractivity contribution is -0.121. The van der Waals surface area contributed by atoms with Crippen LogP contribution in [0.3, 0.4) is 0 Å². The highest BCUT2D eigenvalue weighted by Crippen LogP contribution is 2.18. The van der Waals surface area contributed by atoms with Crippen LogP contribution < -0.4 is 5.32 Å². The minimum atomic E-state index is -0.342. The van der Waals surface area contributed by atoms with Crippen LogP contribution in [0.25, 0.3) is 0 Å². The molecule has 0 fully saturated rings. The van der Waals surface area contributed by atoms with Crippen LogP contribution in [0.1, 0.15) is 37.1 Å². The van der Waals surface area contributed by atoms with E-state index < -0.39 is 0 Å². The number of aromatic amines is 1. The molecule has 0 aliphatic rings. The highest BCUT2D eigenvalue weighted by atomic mass is 19.1. The fourth-order valence-electron chi connectivity index (χ4n) is 2.09. The molecule has 1 atom stereocenters. The molecule has 112 valence electrons. The predicted octanol–water partition coefficient (Wildman–Crippen LogP) is 2.31. The first kappa shape index (κ1) is 15.2. The second-order valence-electron chi connectivity index (χ2n) is 5.37. The van der Waals surface area contributed by atoms with Crippen molar-refractivity contribution in [1.82, 2.24) is 20.5 Å². The Balaban J connectivity index is 2.05. The summed E-state index contributed by atoms with van der Waals surface area (Å²) in [6.07, 6.45) is 0.129. The quantitative estimate of drug-likeness (QED) is 0.887. The molecule has 0 aliphatic heterocycles. The van der Waals surface area contributed by atoms with E-state index in [4.69, 9.17) is 0 Å². The number of amides is 1. The maximum atomic E-state index is 13.1. The van der Waals surface area contributed by atoms with Crippen molar-refractivity contribution in [3.63, 3.8) is 0 Å². The SMILES string of the molecule is Cc1nc([C@@H](NC(=O)Cc2cccc(F)c2)C(C)C)n[nH]1. The zero-order chi connectivity index (χ0) is 15.4. The Kier molecular flexibility index (Phi) is 4.67. The lowest BCUT2D eigenvalue weighted by Crippen LogP contribution is -2.33. The van der Waals surface area contributed by atoms with Crippen molar-refractivity contribution in [3.8, 4) is 0 Å². The molecule has 0 aliphatic carbocycles. The zero-order valence-electron chi connectivity index (χ0n) is 12.4. The molecule has 0 radical (unpaired) electrons. The maximum Gasteiger partial charge on any atom is 0.225 e. The number of rotatable bonds is 5. The monoisotopic (exact) mass is 290 g/mol. The van der Waals surface area contributed by atoms with Gasteiger partial charge in [-0.2, -0.15) is 5.10 Å². The first-order valence-electron chi connectivity index (χ1n) is 6.88. The van der Waals surface area contributed by atoms with Gasteiger partial charge in [-0.3, -0.25) is 9.89 Å². The largest absolute Gasteiger partial charge is 0.345 e. The molecule has 0 saturated carbocycles. The van der Waals surface area contributed by atoms with E-state index >= 15 is 0 Å². The fraction of sp³-hybridized carbons (Fsp3) is 0.400.